The van der Waals surface area contributed by atoms with Crippen molar-refractivity contribution in [2.45, 2.75) is 32.8 Å². The summed E-state index contributed by atoms with van der Waals surface area (Å²) in [7, 11) is 0. The second kappa shape index (κ2) is 5.56. The van der Waals surface area contributed by atoms with Crippen LogP contribution in [0, 0.1) is 11.8 Å². The SMILES string of the molecule is CC(C)(C)OC(=O)N1CC[C@H](C(=O)O)[C@H](CO)C1. The van der Waals surface area contributed by atoms with E-state index in [0.717, 1.165) is 0 Å². The Balaban J connectivity index is 2.62. The zero-order chi connectivity index (χ0) is 13.9. The molecule has 0 saturated carbocycles. The molecule has 1 rings (SSSR count). The molecule has 6 heteroatoms. The summed E-state index contributed by atoms with van der Waals surface area (Å²) in [6, 6.07) is 0. The van der Waals surface area contributed by atoms with Crippen LogP contribution < -0.4 is 0 Å². The van der Waals surface area contributed by atoms with Gasteiger partial charge in [0.2, 0.25) is 0 Å². The minimum absolute atomic E-state index is 0.225. The molecule has 6 nitrogen and oxygen atoms in total. The van der Waals surface area contributed by atoms with E-state index < -0.39 is 29.5 Å². The van der Waals surface area contributed by atoms with Crippen LogP contribution in [0.25, 0.3) is 0 Å². The zero-order valence-corrected chi connectivity index (χ0v) is 11.0. The molecule has 104 valence electrons. The minimum atomic E-state index is -0.919. The van der Waals surface area contributed by atoms with Gasteiger partial charge in [-0.1, -0.05) is 0 Å². The number of likely N-dealkylation sites (tertiary alicyclic amines) is 1. The predicted molar refractivity (Wildman–Crippen MR) is 64.1 cm³/mol. The third kappa shape index (κ3) is 3.87. The van der Waals surface area contributed by atoms with Gasteiger partial charge in [0.25, 0.3) is 0 Å². The van der Waals surface area contributed by atoms with Crippen LogP contribution in [0.3, 0.4) is 0 Å². The molecular formula is C12H21NO5. The number of hydrogen-bond acceptors (Lipinski definition) is 4. The summed E-state index contributed by atoms with van der Waals surface area (Å²) in [6.45, 7) is 5.66. The van der Waals surface area contributed by atoms with E-state index in [1.165, 1.54) is 4.90 Å². The Morgan fingerprint density at radius 1 is 1.39 bits per heavy atom. The van der Waals surface area contributed by atoms with Crippen molar-refractivity contribution >= 4 is 12.1 Å². The topological polar surface area (TPSA) is 87.1 Å². The van der Waals surface area contributed by atoms with Gasteiger partial charge < -0.3 is 19.8 Å². The normalized spacial score (nSPS) is 24.8. The number of nitrogens with zero attached hydrogens (tertiary/aromatic N) is 1. The van der Waals surface area contributed by atoms with E-state index in [4.69, 9.17) is 9.84 Å². The van der Waals surface area contributed by atoms with Crippen LogP contribution in [0.2, 0.25) is 0 Å². The molecular weight excluding hydrogens is 238 g/mol. The van der Waals surface area contributed by atoms with Crippen molar-refractivity contribution in [2.24, 2.45) is 11.8 Å². The third-order valence-electron chi connectivity index (χ3n) is 2.94. The first-order chi connectivity index (χ1) is 8.24. The molecule has 1 aliphatic heterocycles. The van der Waals surface area contributed by atoms with E-state index in [-0.39, 0.29) is 13.2 Å². The Morgan fingerprint density at radius 2 is 2.00 bits per heavy atom. The maximum absolute atomic E-state index is 11.8. The molecule has 0 aromatic heterocycles. The maximum atomic E-state index is 11.8. The molecule has 18 heavy (non-hydrogen) atoms. The van der Waals surface area contributed by atoms with E-state index in [9.17, 15) is 14.7 Å². The summed E-state index contributed by atoms with van der Waals surface area (Å²) in [4.78, 5) is 24.3. The highest BCUT2D eigenvalue weighted by Crippen LogP contribution is 2.25. The van der Waals surface area contributed by atoms with E-state index in [0.29, 0.717) is 13.0 Å². The largest absolute Gasteiger partial charge is 0.481 e. The van der Waals surface area contributed by atoms with Crippen LogP contribution in [-0.2, 0) is 9.53 Å². The molecule has 0 aromatic carbocycles. The fraction of sp³-hybridized carbons (Fsp3) is 0.833. The lowest BCUT2D eigenvalue weighted by Crippen LogP contribution is -2.48. The van der Waals surface area contributed by atoms with Crippen LogP contribution in [0.5, 0.6) is 0 Å². The number of carbonyl (C=O) groups is 2. The van der Waals surface area contributed by atoms with Crippen molar-refractivity contribution < 1.29 is 24.5 Å². The van der Waals surface area contributed by atoms with Crippen molar-refractivity contribution in [3.63, 3.8) is 0 Å². The lowest BCUT2D eigenvalue weighted by atomic mass is 9.86. The number of aliphatic carboxylic acids is 1. The van der Waals surface area contributed by atoms with Gasteiger partial charge in [-0.05, 0) is 27.2 Å². The van der Waals surface area contributed by atoms with Gasteiger partial charge in [0.1, 0.15) is 5.60 Å². The monoisotopic (exact) mass is 259 g/mol. The molecule has 0 aromatic rings. The van der Waals surface area contributed by atoms with Crippen molar-refractivity contribution in [3.05, 3.63) is 0 Å². The van der Waals surface area contributed by atoms with Gasteiger partial charge in [-0.15, -0.1) is 0 Å². The first kappa shape index (κ1) is 14.8. The fourth-order valence-electron chi connectivity index (χ4n) is 2.03. The van der Waals surface area contributed by atoms with Crippen molar-refractivity contribution in [1.29, 1.82) is 0 Å². The maximum Gasteiger partial charge on any atom is 0.410 e. The van der Waals surface area contributed by atoms with E-state index in [1.807, 2.05) is 0 Å². The van der Waals surface area contributed by atoms with Gasteiger partial charge in [0, 0.05) is 25.6 Å². The number of aliphatic hydroxyl groups is 1. The van der Waals surface area contributed by atoms with Crippen molar-refractivity contribution in [2.75, 3.05) is 19.7 Å². The number of carboxylic acid groups (broad SMARTS) is 1. The number of ether oxygens (including phenoxy) is 1. The van der Waals surface area contributed by atoms with E-state index >= 15 is 0 Å². The molecule has 0 radical (unpaired) electrons. The number of amides is 1. The van der Waals surface area contributed by atoms with Gasteiger partial charge in [0.05, 0.1) is 5.92 Å². The molecule has 0 unspecified atom stereocenters. The van der Waals surface area contributed by atoms with Crippen LogP contribution in [0.1, 0.15) is 27.2 Å². The fourth-order valence-corrected chi connectivity index (χ4v) is 2.03. The molecule has 1 fully saturated rings. The highest BCUT2D eigenvalue weighted by atomic mass is 16.6. The lowest BCUT2D eigenvalue weighted by molar-refractivity contribution is -0.146. The lowest BCUT2D eigenvalue weighted by Gasteiger charge is -2.36. The summed E-state index contributed by atoms with van der Waals surface area (Å²) in [6.07, 6.45) is -0.107. The Kier molecular flexibility index (Phi) is 4.56. The van der Waals surface area contributed by atoms with Gasteiger partial charge in [-0.25, -0.2) is 4.79 Å². The van der Waals surface area contributed by atoms with Gasteiger partial charge >= 0.3 is 12.1 Å². The average molecular weight is 259 g/mol. The molecule has 2 N–H and O–H groups in total. The van der Waals surface area contributed by atoms with Gasteiger partial charge in [0.15, 0.2) is 0 Å². The minimum Gasteiger partial charge on any atom is -0.481 e. The first-order valence-electron chi connectivity index (χ1n) is 6.06. The molecule has 0 spiro atoms. The molecule has 1 aliphatic rings. The van der Waals surface area contributed by atoms with Crippen LogP contribution >= 0.6 is 0 Å². The third-order valence-corrected chi connectivity index (χ3v) is 2.94. The number of carboxylic acids is 1. The van der Waals surface area contributed by atoms with Crippen LogP contribution in [0.4, 0.5) is 4.79 Å². The summed E-state index contributed by atoms with van der Waals surface area (Å²) < 4.78 is 5.22. The van der Waals surface area contributed by atoms with Gasteiger partial charge in [-0.2, -0.15) is 0 Å². The smallest absolute Gasteiger partial charge is 0.410 e. The van der Waals surface area contributed by atoms with Gasteiger partial charge in [-0.3, -0.25) is 4.79 Å². The molecule has 1 saturated heterocycles. The predicted octanol–water partition coefficient (Wildman–Crippen LogP) is 0.936. The molecule has 1 amide bonds. The average Bonchev–Trinajstić information content (AvgIpc) is 2.25. The number of carbonyl (C=O) groups excluding carboxylic acids is 1. The number of hydrogen-bond donors (Lipinski definition) is 2. The van der Waals surface area contributed by atoms with Crippen LogP contribution in [0.15, 0.2) is 0 Å². The molecule has 0 bridgehead atoms. The second-order valence-corrected chi connectivity index (χ2v) is 5.60. The molecule has 1 heterocycles. The van der Waals surface area contributed by atoms with Crippen molar-refractivity contribution in [1.82, 2.24) is 4.90 Å². The molecule has 2 atom stereocenters. The quantitative estimate of drug-likeness (QED) is 0.770. The molecule has 0 aliphatic carbocycles. The zero-order valence-electron chi connectivity index (χ0n) is 11.0. The highest BCUT2D eigenvalue weighted by molar-refractivity contribution is 5.72. The number of rotatable bonds is 2. The Morgan fingerprint density at radius 3 is 2.44 bits per heavy atom. The van der Waals surface area contributed by atoms with E-state index in [1.54, 1.807) is 20.8 Å². The van der Waals surface area contributed by atoms with Crippen LogP contribution in [-0.4, -0.2) is 52.5 Å². The Labute approximate surface area is 107 Å². The summed E-state index contributed by atoms with van der Waals surface area (Å²) >= 11 is 0. The summed E-state index contributed by atoms with van der Waals surface area (Å²) in [5.41, 5.74) is -0.574. The van der Waals surface area contributed by atoms with E-state index in [2.05, 4.69) is 0 Å². The summed E-state index contributed by atoms with van der Waals surface area (Å²) in [5.74, 6) is -1.93. The second-order valence-electron chi connectivity index (χ2n) is 5.60. The summed E-state index contributed by atoms with van der Waals surface area (Å²) in [5, 5.41) is 18.2. The first-order valence-corrected chi connectivity index (χ1v) is 6.06. The Bertz CT molecular complexity index is 323. The number of aliphatic hydroxyl groups excluding tert-OH is 1. The standard InChI is InChI=1S/C12H21NO5/c1-12(2,3)18-11(17)13-5-4-9(10(15)16)8(6-13)7-14/h8-9,14H,4-7H2,1-3H3,(H,15,16)/t8-,9-/m0/s1. The van der Waals surface area contributed by atoms with Crippen molar-refractivity contribution in [3.8, 4) is 0 Å². The highest BCUT2D eigenvalue weighted by Gasteiger charge is 2.36. The number of piperidine rings is 1. The Hall–Kier alpha value is -1.30.